The van der Waals surface area contributed by atoms with Gasteiger partial charge < -0.3 is 10.1 Å². The molecular formula is C19H23NO2. The lowest BCUT2D eigenvalue weighted by atomic mass is 10.1. The number of ether oxygens (including phenoxy) is 1. The minimum Gasteiger partial charge on any atom is -0.493 e. The van der Waals surface area contributed by atoms with Crippen LogP contribution in [0.5, 0.6) is 5.75 Å². The van der Waals surface area contributed by atoms with Gasteiger partial charge in [0.15, 0.2) is 5.78 Å². The van der Waals surface area contributed by atoms with E-state index < -0.39 is 0 Å². The van der Waals surface area contributed by atoms with E-state index in [1.165, 1.54) is 5.56 Å². The first-order valence-corrected chi connectivity index (χ1v) is 7.70. The molecule has 22 heavy (non-hydrogen) atoms. The summed E-state index contributed by atoms with van der Waals surface area (Å²) in [7, 11) is 0. The second kappa shape index (κ2) is 8.23. The van der Waals surface area contributed by atoms with Gasteiger partial charge >= 0.3 is 0 Å². The van der Waals surface area contributed by atoms with Crippen LogP contribution in [0.1, 0.15) is 35.7 Å². The molecule has 0 unspecified atom stereocenters. The van der Waals surface area contributed by atoms with Crippen molar-refractivity contribution in [2.45, 2.75) is 26.7 Å². The average molecular weight is 297 g/mol. The number of nitrogens with one attached hydrogen (secondary N) is 1. The highest BCUT2D eigenvalue weighted by Gasteiger charge is 2.00. The summed E-state index contributed by atoms with van der Waals surface area (Å²) in [5.41, 5.74) is 2.90. The molecule has 0 heterocycles. The van der Waals surface area contributed by atoms with Crippen molar-refractivity contribution in [1.29, 1.82) is 0 Å². The van der Waals surface area contributed by atoms with Crippen LogP contribution in [0.15, 0.2) is 48.5 Å². The van der Waals surface area contributed by atoms with Crippen molar-refractivity contribution in [3.63, 3.8) is 0 Å². The summed E-state index contributed by atoms with van der Waals surface area (Å²) in [6.45, 7) is 5.24. The molecule has 0 fully saturated rings. The largest absolute Gasteiger partial charge is 0.493 e. The Morgan fingerprint density at radius 1 is 1.09 bits per heavy atom. The third-order valence-corrected chi connectivity index (χ3v) is 3.52. The molecule has 1 N–H and O–H groups in total. The van der Waals surface area contributed by atoms with Crippen molar-refractivity contribution < 1.29 is 9.53 Å². The Morgan fingerprint density at radius 2 is 1.91 bits per heavy atom. The number of ketones is 1. The standard InChI is InChI=1S/C19H23NO2/c1-15-8-3-4-11-19(15)22-13-6-5-12-20-18-10-7-9-17(14-18)16(2)21/h3-4,7-11,14,20H,5-6,12-13H2,1-2H3. The van der Waals surface area contributed by atoms with Crippen molar-refractivity contribution in [3.8, 4) is 5.75 Å². The summed E-state index contributed by atoms with van der Waals surface area (Å²) in [6, 6.07) is 15.7. The minimum atomic E-state index is 0.0929. The Bertz CT molecular complexity index is 622. The Morgan fingerprint density at radius 3 is 2.68 bits per heavy atom. The number of hydrogen-bond acceptors (Lipinski definition) is 3. The molecule has 0 amide bonds. The second-order valence-electron chi connectivity index (χ2n) is 5.38. The predicted molar refractivity (Wildman–Crippen MR) is 90.8 cm³/mol. The lowest BCUT2D eigenvalue weighted by molar-refractivity contribution is 0.101. The Balaban J connectivity index is 1.66. The summed E-state index contributed by atoms with van der Waals surface area (Å²) in [6.07, 6.45) is 2.02. The van der Waals surface area contributed by atoms with Gasteiger partial charge in [0, 0.05) is 17.8 Å². The second-order valence-corrected chi connectivity index (χ2v) is 5.38. The quantitative estimate of drug-likeness (QED) is 0.577. The third-order valence-electron chi connectivity index (χ3n) is 3.52. The van der Waals surface area contributed by atoms with E-state index >= 15 is 0 Å². The van der Waals surface area contributed by atoms with Gasteiger partial charge in [-0.3, -0.25) is 4.79 Å². The van der Waals surface area contributed by atoms with Gasteiger partial charge in [-0.2, -0.15) is 0 Å². The van der Waals surface area contributed by atoms with Gasteiger partial charge in [0.05, 0.1) is 6.61 Å². The summed E-state index contributed by atoms with van der Waals surface area (Å²) in [5.74, 6) is 1.06. The Hall–Kier alpha value is -2.29. The highest BCUT2D eigenvalue weighted by Crippen LogP contribution is 2.16. The monoisotopic (exact) mass is 297 g/mol. The van der Waals surface area contributed by atoms with Crippen molar-refractivity contribution in [2.75, 3.05) is 18.5 Å². The van der Waals surface area contributed by atoms with E-state index in [2.05, 4.69) is 18.3 Å². The van der Waals surface area contributed by atoms with Crippen LogP contribution in [0.4, 0.5) is 5.69 Å². The van der Waals surface area contributed by atoms with Crippen LogP contribution in [0.2, 0.25) is 0 Å². The summed E-state index contributed by atoms with van der Waals surface area (Å²) in [5, 5.41) is 3.34. The van der Waals surface area contributed by atoms with Gasteiger partial charge in [-0.1, -0.05) is 30.3 Å². The number of aryl methyl sites for hydroxylation is 1. The topological polar surface area (TPSA) is 38.3 Å². The number of benzene rings is 2. The molecule has 116 valence electrons. The molecule has 0 spiro atoms. The summed E-state index contributed by atoms with van der Waals surface area (Å²) in [4.78, 5) is 11.3. The van der Waals surface area contributed by atoms with Crippen molar-refractivity contribution >= 4 is 11.5 Å². The fraction of sp³-hybridized carbons (Fsp3) is 0.316. The van der Waals surface area contributed by atoms with Crippen molar-refractivity contribution in [3.05, 3.63) is 59.7 Å². The molecule has 0 saturated carbocycles. The van der Waals surface area contributed by atoms with E-state index in [4.69, 9.17) is 4.74 Å². The van der Waals surface area contributed by atoms with E-state index in [-0.39, 0.29) is 5.78 Å². The molecule has 2 rings (SSSR count). The maximum atomic E-state index is 11.3. The molecule has 3 nitrogen and oxygen atoms in total. The molecule has 0 aliphatic rings. The molecule has 2 aromatic carbocycles. The van der Waals surface area contributed by atoms with Gasteiger partial charge in [-0.15, -0.1) is 0 Å². The number of rotatable bonds is 8. The molecule has 0 radical (unpaired) electrons. The molecule has 0 aromatic heterocycles. The summed E-state index contributed by atoms with van der Waals surface area (Å²) < 4.78 is 5.77. The zero-order chi connectivity index (χ0) is 15.8. The number of anilines is 1. The van der Waals surface area contributed by atoms with E-state index in [1.54, 1.807) is 6.92 Å². The van der Waals surface area contributed by atoms with Crippen LogP contribution >= 0.6 is 0 Å². The van der Waals surface area contributed by atoms with E-state index in [9.17, 15) is 4.79 Å². The van der Waals surface area contributed by atoms with Crippen LogP contribution in [-0.2, 0) is 0 Å². The third kappa shape index (κ3) is 4.92. The van der Waals surface area contributed by atoms with Gasteiger partial charge in [0.2, 0.25) is 0 Å². The normalized spacial score (nSPS) is 10.3. The molecule has 3 heteroatoms. The molecule has 0 aliphatic heterocycles. The number of carbonyl (C=O) groups excluding carboxylic acids is 1. The number of hydrogen-bond donors (Lipinski definition) is 1. The average Bonchev–Trinajstić information content (AvgIpc) is 2.52. The van der Waals surface area contributed by atoms with E-state index in [1.807, 2.05) is 42.5 Å². The van der Waals surface area contributed by atoms with Gasteiger partial charge in [-0.25, -0.2) is 0 Å². The maximum absolute atomic E-state index is 11.3. The molecule has 0 aliphatic carbocycles. The zero-order valence-corrected chi connectivity index (χ0v) is 13.3. The molecule has 2 aromatic rings. The van der Waals surface area contributed by atoms with Crippen LogP contribution in [-0.4, -0.2) is 18.9 Å². The Labute approximate surface area is 132 Å². The highest BCUT2D eigenvalue weighted by atomic mass is 16.5. The smallest absolute Gasteiger partial charge is 0.159 e. The first-order chi connectivity index (χ1) is 10.7. The van der Waals surface area contributed by atoms with E-state index in [0.29, 0.717) is 0 Å². The lowest BCUT2D eigenvalue weighted by Crippen LogP contribution is -2.05. The van der Waals surface area contributed by atoms with Crippen LogP contribution < -0.4 is 10.1 Å². The van der Waals surface area contributed by atoms with Gasteiger partial charge in [0.1, 0.15) is 5.75 Å². The Kier molecular flexibility index (Phi) is 6.01. The van der Waals surface area contributed by atoms with Crippen molar-refractivity contribution in [2.24, 2.45) is 0 Å². The van der Waals surface area contributed by atoms with Gasteiger partial charge in [0.25, 0.3) is 0 Å². The number of Topliss-reactive ketones (excluding diaryl/α,β-unsaturated/α-hetero) is 1. The molecule has 0 bridgehead atoms. The first-order valence-electron chi connectivity index (χ1n) is 7.70. The van der Waals surface area contributed by atoms with Gasteiger partial charge in [-0.05, 0) is 50.5 Å². The zero-order valence-electron chi connectivity index (χ0n) is 13.3. The maximum Gasteiger partial charge on any atom is 0.159 e. The molecular weight excluding hydrogens is 274 g/mol. The fourth-order valence-electron chi connectivity index (χ4n) is 2.21. The summed E-state index contributed by atoms with van der Waals surface area (Å²) >= 11 is 0. The van der Waals surface area contributed by atoms with E-state index in [0.717, 1.165) is 43.0 Å². The molecule has 0 saturated heterocycles. The fourth-order valence-corrected chi connectivity index (χ4v) is 2.21. The van der Waals surface area contributed by atoms with Crippen LogP contribution in [0.3, 0.4) is 0 Å². The first kappa shape index (κ1) is 16.1. The van der Waals surface area contributed by atoms with Crippen LogP contribution in [0.25, 0.3) is 0 Å². The highest BCUT2D eigenvalue weighted by molar-refractivity contribution is 5.94. The van der Waals surface area contributed by atoms with Crippen LogP contribution in [0, 0.1) is 6.92 Å². The predicted octanol–water partition coefficient (Wildman–Crippen LogP) is 4.47. The number of para-hydroxylation sites is 1. The molecule has 0 atom stereocenters. The minimum absolute atomic E-state index is 0.0929. The number of carbonyl (C=O) groups is 1. The number of unbranched alkanes of at least 4 members (excludes halogenated alkanes) is 1. The van der Waals surface area contributed by atoms with Crippen molar-refractivity contribution in [1.82, 2.24) is 0 Å². The SMILES string of the molecule is CC(=O)c1cccc(NCCCCOc2ccccc2C)c1. The lowest BCUT2D eigenvalue weighted by Gasteiger charge is -2.10.